The van der Waals surface area contributed by atoms with Crippen LogP contribution in [0.3, 0.4) is 0 Å². The van der Waals surface area contributed by atoms with E-state index >= 15 is 0 Å². The second-order valence-electron chi connectivity index (χ2n) is 5.79. The number of halogens is 1. The molecule has 0 fully saturated rings. The summed E-state index contributed by atoms with van der Waals surface area (Å²) in [6, 6.07) is 4.26. The number of hydrogen-bond acceptors (Lipinski definition) is 3. The molecule has 0 atom stereocenters. The highest BCUT2D eigenvalue weighted by Gasteiger charge is 2.21. The highest BCUT2D eigenvalue weighted by atomic mass is 19.1. The summed E-state index contributed by atoms with van der Waals surface area (Å²) in [5.41, 5.74) is 0.312. The molecule has 0 heterocycles. The molecule has 0 bridgehead atoms. The number of amides is 2. The maximum absolute atomic E-state index is 13.2. The van der Waals surface area contributed by atoms with Crippen LogP contribution in [0, 0.1) is 11.2 Å². The van der Waals surface area contributed by atoms with Gasteiger partial charge in [-0.2, -0.15) is 0 Å². The third-order valence-electron chi connectivity index (χ3n) is 2.86. The lowest BCUT2D eigenvalue weighted by molar-refractivity contribution is -0.131. The predicted molar refractivity (Wildman–Crippen MR) is 76.6 cm³/mol. The third-order valence-corrected chi connectivity index (χ3v) is 2.86. The van der Waals surface area contributed by atoms with Crippen LogP contribution in [0.1, 0.15) is 31.9 Å². The van der Waals surface area contributed by atoms with Gasteiger partial charge < -0.3 is 15.7 Å². The zero-order chi connectivity index (χ0) is 16.0. The lowest BCUT2D eigenvalue weighted by Crippen LogP contribution is -2.41. The molecule has 1 rings (SSSR count). The number of carbonyl (C=O) groups excluding carboxylic acids is 2. The first-order valence-electron chi connectivity index (χ1n) is 6.67. The van der Waals surface area contributed by atoms with Crippen LogP contribution in [0.25, 0.3) is 0 Å². The van der Waals surface area contributed by atoms with Gasteiger partial charge in [-0.3, -0.25) is 9.59 Å². The monoisotopic (exact) mass is 296 g/mol. The number of rotatable bonds is 5. The summed E-state index contributed by atoms with van der Waals surface area (Å²) < 4.78 is 13.2. The van der Waals surface area contributed by atoms with Gasteiger partial charge in [0.1, 0.15) is 5.82 Å². The average molecular weight is 296 g/mol. The highest BCUT2D eigenvalue weighted by molar-refractivity contribution is 5.87. The van der Waals surface area contributed by atoms with E-state index in [1.54, 1.807) is 20.8 Å². The molecule has 1 aromatic carbocycles. The van der Waals surface area contributed by atoms with Crippen molar-refractivity contribution in [3.8, 4) is 0 Å². The van der Waals surface area contributed by atoms with E-state index < -0.39 is 17.8 Å². The summed E-state index contributed by atoms with van der Waals surface area (Å²) in [7, 11) is 0. The van der Waals surface area contributed by atoms with Gasteiger partial charge in [0.05, 0.1) is 13.2 Å². The molecule has 0 aliphatic carbocycles. The lowest BCUT2D eigenvalue weighted by atomic mass is 9.96. The van der Waals surface area contributed by atoms with E-state index in [4.69, 9.17) is 5.11 Å². The van der Waals surface area contributed by atoms with E-state index in [1.807, 2.05) is 0 Å². The highest BCUT2D eigenvalue weighted by Crippen LogP contribution is 2.12. The van der Waals surface area contributed by atoms with Crippen molar-refractivity contribution in [1.82, 2.24) is 10.6 Å². The minimum absolute atomic E-state index is 0.107. The number of benzene rings is 1. The molecule has 0 aliphatic heterocycles. The van der Waals surface area contributed by atoms with E-state index in [0.717, 1.165) is 0 Å². The maximum Gasteiger partial charge on any atom is 0.239 e. The Kier molecular flexibility index (Phi) is 5.84. The quantitative estimate of drug-likeness (QED) is 0.761. The molecule has 21 heavy (non-hydrogen) atoms. The van der Waals surface area contributed by atoms with Crippen LogP contribution < -0.4 is 10.6 Å². The molecular weight excluding hydrogens is 275 g/mol. The summed E-state index contributed by atoms with van der Waals surface area (Å²) in [5, 5.41) is 14.1. The first kappa shape index (κ1) is 17.1. The Hall–Kier alpha value is -1.95. The normalized spacial score (nSPS) is 11.1. The summed E-state index contributed by atoms with van der Waals surface area (Å²) in [4.78, 5) is 23.2. The standard InChI is InChI=1S/C15H21FN2O3/c1-15(2,3)14(21)18-8-13(20)17-7-10-4-5-12(16)11(6-10)9-19/h4-6,19H,7-9H2,1-3H3,(H,17,20)(H,18,21). The fraction of sp³-hybridized carbons (Fsp3) is 0.467. The van der Waals surface area contributed by atoms with Crippen LogP contribution >= 0.6 is 0 Å². The second kappa shape index (κ2) is 7.17. The molecule has 0 spiro atoms. The van der Waals surface area contributed by atoms with Crippen LogP contribution in [-0.4, -0.2) is 23.5 Å². The molecule has 0 saturated heterocycles. The molecule has 0 saturated carbocycles. The van der Waals surface area contributed by atoms with Gasteiger partial charge in [-0.15, -0.1) is 0 Å². The van der Waals surface area contributed by atoms with Gasteiger partial charge >= 0.3 is 0 Å². The first-order chi connectivity index (χ1) is 9.74. The van der Waals surface area contributed by atoms with Gasteiger partial charge in [0.2, 0.25) is 11.8 Å². The van der Waals surface area contributed by atoms with Crippen molar-refractivity contribution >= 4 is 11.8 Å². The smallest absolute Gasteiger partial charge is 0.239 e. The van der Waals surface area contributed by atoms with Gasteiger partial charge in [0.25, 0.3) is 0 Å². The van der Waals surface area contributed by atoms with E-state index in [2.05, 4.69) is 10.6 Å². The second-order valence-corrected chi connectivity index (χ2v) is 5.79. The van der Waals surface area contributed by atoms with Crippen molar-refractivity contribution in [3.63, 3.8) is 0 Å². The predicted octanol–water partition coefficient (Wildman–Crippen LogP) is 1.10. The Labute approximate surface area is 123 Å². The fourth-order valence-electron chi connectivity index (χ4n) is 1.55. The van der Waals surface area contributed by atoms with Gasteiger partial charge in [-0.25, -0.2) is 4.39 Å². The number of carbonyl (C=O) groups is 2. The number of nitrogens with one attached hydrogen (secondary N) is 2. The summed E-state index contributed by atoms with van der Waals surface area (Å²) in [5.74, 6) is -1.02. The van der Waals surface area contributed by atoms with Crippen molar-refractivity contribution in [1.29, 1.82) is 0 Å². The van der Waals surface area contributed by atoms with Crippen LogP contribution in [0.15, 0.2) is 18.2 Å². The molecular formula is C15H21FN2O3. The molecule has 1 aromatic rings. The van der Waals surface area contributed by atoms with E-state index in [0.29, 0.717) is 5.56 Å². The number of hydrogen-bond donors (Lipinski definition) is 3. The summed E-state index contributed by atoms with van der Waals surface area (Å²) in [6.07, 6.45) is 0. The summed E-state index contributed by atoms with van der Waals surface area (Å²) >= 11 is 0. The van der Waals surface area contributed by atoms with E-state index in [-0.39, 0.29) is 30.5 Å². The largest absolute Gasteiger partial charge is 0.392 e. The summed E-state index contributed by atoms with van der Waals surface area (Å²) in [6.45, 7) is 4.98. The minimum atomic E-state index is -0.548. The number of aliphatic hydroxyl groups is 1. The Morgan fingerprint density at radius 3 is 2.48 bits per heavy atom. The van der Waals surface area contributed by atoms with Gasteiger partial charge in [-0.1, -0.05) is 26.8 Å². The molecule has 0 radical (unpaired) electrons. The SMILES string of the molecule is CC(C)(C)C(=O)NCC(=O)NCc1ccc(F)c(CO)c1. The molecule has 0 aromatic heterocycles. The van der Waals surface area contributed by atoms with Crippen molar-refractivity contribution in [3.05, 3.63) is 35.1 Å². The minimum Gasteiger partial charge on any atom is -0.392 e. The average Bonchev–Trinajstić information content (AvgIpc) is 2.42. The molecule has 6 heteroatoms. The third kappa shape index (κ3) is 5.51. The topological polar surface area (TPSA) is 78.4 Å². The Morgan fingerprint density at radius 2 is 1.90 bits per heavy atom. The Balaban J connectivity index is 2.45. The van der Waals surface area contributed by atoms with Crippen molar-refractivity contribution < 1.29 is 19.1 Å². The van der Waals surface area contributed by atoms with Gasteiger partial charge in [0.15, 0.2) is 0 Å². The Morgan fingerprint density at radius 1 is 1.24 bits per heavy atom. The van der Waals surface area contributed by atoms with Crippen molar-refractivity contribution in [2.24, 2.45) is 5.41 Å². The van der Waals surface area contributed by atoms with E-state index in [9.17, 15) is 14.0 Å². The van der Waals surface area contributed by atoms with Crippen LogP contribution in [-0.2, 0) is 22.7 Å². The van der Waals surface area contributed by atoms with Crippen LogP contribution in [0.4, 0.5) is 4.39 Å². The van der Waals surface area contributed by atoms with Crippen LogP contribution in [0.2, 0.25) is 0 Å². The molecule has 5 nitrogen and oxygen atoms in total. The van der Waals surface area contributed by atoms with Crippen molar-refractivity contribution in [2.45, 2.75) is 33.9 Å². The molecule has 3 N–H and O–H groups in total. The zero-order valence-corrected chi connectivity index (χ0v) is 12.5. The molecule has 0 aliphatic rings. The van der Waals surface area contributed by atoms with E-state index in [1.165, 1.54) is 18.2 Å². The van der Waals surface area contributed by atoms with Gasteiger partial charge in [0, 0.05) is 17.5 Å². The van der Waals surface area contributed by atoms with Crippen molar-refractivity contribution in [2.75, 3.05) is 6.54 Å². The number of aliphatic hydroxyl groups excluding tert-OH is 1. The Bertz CT molecular complexity index is 524. The lowest BCUT2D eigenvalue weighted by Gasteiger charge is -2.17. The van der Waals surface area contributed by atoms with Gasteiger partial charge in [-0.05, 0) is 17.7 Å². The zero-order valence-electron chi connectivity index (χ0n) is 12.5. The van der Waals surface area contributed by atoms with Crippen LogP contribution in [0.5, 0.6) is 0 Å². The first-order valence-corrected chi connectivity index (χ1v) is 6.67. The fourth-order valence-corrected chi connectivity index (χ4v) is 1.55. The molecule has 116 valence electrons. The molecule has 2 amide bonds. The maximum atomic E-state index is 13.2. The molecule has 0 unspecified atom stereocenters.